The molecule has 2 aromatic rings. The highest BCUT2D eigenvalue weighted by Gasteiger charge is 2.22. The van der Waals surface area contributed by atoms with Gasteiger partial charge in [0.2, 0.25) is 0 Å². The topological polar surface area (TPSA) is 35.5 Å². The van der Waals surface area contributed by atoms with Crippen LogP contribution in [0.5, 0.6) is 11.5 Å². The molecule has 110 valence electrons. The Balaban J connectivity index is 2.59. The van der Waals surface area contributed by atoms with E-state index in [2.05, 4.69) is 31.9 Å². The number of hydrogen-bond acceptors (Lipinski definition) is 3. The molecular weight excluding hydrogens is 407 g/mol. The van der Waals surface area contributed by atoms with E-state index in [1.807, 2.05) is 0 Å². The summed E-state index contributed by atoms with van der Waals surface area (Å²) in [5.74, 6) is 0.0474. The van der Waals surface area contributed by atoms with Gasteiger partial charge >= 0.3 is 0 Å². The number of ketones is 1. The van der Waals surface area contributed by atoms with Crippen molar-refractivity contribution in [3.05, 3.63) is 56.2 Å². The summed E-state index contributed by atoms with van der Waals surface area (Å²) < 4.78 is 24.7. The maximum Gasteiger partial charge on any atom is 0.198 e. The second-order valence-electron chi connectivity index (χ2n) is 4.09. The van der Waals surface area contributed by atoms with Gasteiger partial charge in [-0.3, -0.25) is 4.79 Å². The lowest BCUT2D eigenvalue weighted by Crippen LogP contribution is -2.06. The summed E-state index contributed by atoms with van der Waals surface area (Å²) in [4.78, 5) is 12.6. The molecule has 0 saturated carbocycles. The van der Waals surface area contributed by atoms with Crippen molar-refractivity contribution in [2.75, 3.05) is 14.2 Å². The van der Waals surface area contributed by atoms with Crippen molar-refractivity contribution in [2.45, 2.75) is 0 Å². The fourth-order valence-electron chi connectivity index (χ4n) is 1.90. The molecule has 0 spiro atoms. The van der Waals surface area contributed by atoms with Crippen molar-refractivity contribution in [3.8, 4) is 11.5 Å². The first kappa shape index (κ1) is 16.0. The highest BCUT2D eigenvalue weighted by molar-refractivity contribution is 9.11. The fraction of sp³-hybridized carbons (Fsp3) is 0.133. The molecule has 0 unspecified atom stereocenters. The molecule has 0 N–H and O–H groups in total. The molecular formula is C15H11Br2FO3. The lowest BCUT2D eigenvalue weighted by atomic mass is 10.0. The molecule has 0 atom stereocenters. The number of ether oxygens (including phenoxy) is 2. The Bertz CT molecular complexity index is 702. The Morgan fingerprint density at radius 1 is 1.00 bits per heavy atom. The normalized spacial score (nSPS) is 10.3. The highest BCUT2D eigenvalue weighted by atomic mass is 79.9. The Kier molecular flexibility index (Phi) is 5.00. The number of carbonyl (C=O) groups excluding carboxylic acids is 1. The van der Waals surface area contributed by atoms with Gasteiger partial charge in [-0.25, -0.2) is 4.39 Å². The number of carbonyl (C=O) groups is 1. The zero-order chi connectivity index (χ0) is 15.6. The molecule has 21 heavy (non-hydrogen) atoms. The van der Waals surface area contributed by atoms with Gasteiger partial charge in [0, 0.05) is 5.56 Å². The van der Waals surface area contributed by atoms with Crippen LogP contribution >= 0.6 is 31.9 Å². The lowest BCUT2D eigenvalue weighted by Gasteiger charge is -2.13. The van der Waals surface area contributed by atoms with E-state index in [0.29, 0.717) is 21.5 Å². The molecule has 0 aliphatic rings. The van der Waals surface area contributed by atoms with Gasteiger partial charge in [0.05, 0.1) is 24.3 Å². The largest absolute Gasteiger partial charge is 0.495 e. The zero-order valence-electron chi connectivity index (χ0n) is 11.2. The van der Waals surface area contributed by atoms with Crippen molar-refractivity contribution in [3.63, 3.8) is 0 Å². The van der Waals surface area contributed by atoms with Gasteiger partial charge in [0.25, 0.3) is 0 Å². The third-order valence-electron chi connectivity index (χ3n) is 2.93. The minimum atomic E-state index is -0.493. The molecule has 0 fully saturated rings. The minimum absolute atomic E-state index is 0.129. The average molecular weight is 418 g/mol. The predicted octanol–water partition coefficient (Wildman–Crippen LogP) is 4.60. The SMILES string of the molecule is COc1ccc(C(=O)c2cccc(F)c2Br)c(OC)c1Br. The summed E-state index contributed by atoms with van der Waals surface area (Å²) in [5.41, 5.74) is 0.543. The second-order valence-corrected chi connectivity index (χ2v) is 5.68. The Morgan fingerprint density at radius 3 is 2.33 bits per heavy atom. The number of rotatable bonds is 4. The van der Waals surface area contributed by atoms with Crippen LogP contribution in [0.3, 0.4) is 0 Å². The van der Waals surface area contributed by atoms with E-state index in [9.17, 15) is 9.18 Å². The van der Waals surface area contributed by atoms with Crippen LogP contribution in [0.25, 0.3) is 0 Å². The Morgan fingerprint density at radius 2 is 1.71 bits per heavy atom. The summed E-state index contributed by atoms with van der Waals surface area (Å²) >= 11 is 6.44. The molecule has 6 heteroatoms. The lowest BCUT2D eigenvalue weighted by molar-refractivity contribution is 0.103. The van der Waals surface area contributed by atoms with Crippen molar-refractivity contribution in [1.82, 2.24) is 0 Å². The van der Waals surface area contributed by atoms with Crippen LogP contribution in [0.4, 0.5) is 4.39 Å². The minimum Gasteiger partial charge on any atom is -0.495 e. The second kappa shape index (κ2) is 6.58. The monoisotopic (exact) mass is 416 g/mol. The summed E-state index contributed by atoms with van der Waals surface area (Å²) in [5, 5.41) is 0. The van der Waals surface area contributed by atoms with Crippen LogP contribution in [-0.4, -0.2) is 20.0 Å². The van der Waals surface area contributed by atoms with Gasteiger partial charge in [0.1, 0.15) is 21.8 Å². The van der Waals surface area contributed by atoms with Crippen molar-refractivity contribution < 1.29 is 18.7 Å². The van der Waals surface area contributed by atoms with Gasteiger partial charge < -0.3 is 9.47 Å². The van der Waals surface area contributed by atoms with Crippen molar-refractivity contribution >= 4 is 37.6 Å². The van der Waals surface area contributed by atoms with Crippen LogP contribution in [0.2, 0.25) is 0 Å². The summed E-state index contributed by atoms with van der Waals surface area (Å²) in [6, 6.07) is 7.54. The third kappa shape index (κ3) is 2.96. The van der Waals surface area contributed by atoms with E-state index in [1.54, 1.807) is 18.2 Å². The first-order chi connectivity index (χ1) is 10.0. The molecule has 0 aliphatic carbocycles. The van der Waals surface area contributed by atoms with Gasteiger partial charge in [-0.05, 0) is 56.1 Å². The van der Waals surface area contributed by atoms with Gasteiger partial charge in [-0.2, -0.15) is 0 Å². The molecule has 0 saturated heterocycles. The predicted molar refractivity (Wildman–Crippen MR) is 84.8 cm³/mol. The molecule has 0 aliphatic heterocycles. The maximum absolute atomic E-state index is 13.6. The first-order valence-electron chi connectivity index (χ1n) is 5.90. The van der Waals surface area contributed by atoms with E-state index in [0.717, 1.165) is 0 Å². The third-order valence-corrected chi connectivity index (χ3v) is 4.48. The smallest absolute Gasteiger partial charge is 0.198 e. The molecule has 3 nitrogen and oxygen atoms in total. The van der Waals surface area contributed by atoms with E-state index < -0.39 is 5.82 Å². The van der Waals surface area contributed by atoms with E-state index in [-0.39, 0.29) is 15.8 Å². The molecule has 2 aromatic carbocycles. The van der Waals surface area contributed by atoms with Crippen LogP contribution < -0.4 is 9.47 Å². The Labute approximate surface area is 138 Å². The molecule has 0 bridgehead atoms. The van der Waals surface area contributed by atoms with Crippen LogP contribution in [-0.2, 0) is 0 Å². The van der Waals surface area contributed by atoms with Crippen molar-refractivity contribution in [1.29, 1.82) is 0 Å². The summed E-state index contributed by atoms with van der Waals surface area (Å²) in [6.45, 7) is 0. The molecule has 0 aromatic heterocycles. The number of halogens is 3. The van der Waals surface area contributed by atoms with Gasteiger partial charge in [-0.1, -0.05) is 6.07 Å². The summed E-state index contributed by atoms with van der Waals surface area (Å²) in [6.07, 6.45) is 0. The quantitative estimate of drug-likeness (QED) is 0.682. The van der Waals surface area contributed by atoms with Crippen LogP contribution in [0.1, 0.15) is 15.9 Å². The molecule has 0 amide bonds. The standard InChI is InChI=1S/C15H11Br2FO3/c1-20-11-7-6-9(15(21-2)13(11)17)14(19)8-4-3-5-10(18)12(8)16/h3-7H,1-2H3. The zero-order valence-corrected chi connectivity index (χ0v) is 14.4. The van der Waals surface area contributed by atoms with Gasteiger partial charge in [-0.15, -0.1) is 0 Å². The first-order valence-corrected chi connectivity index (χ1v) is 7.49. The number of methoxy groups -OCH3 is 2. The molecule has 0 heterocycles. The highest BCUT2D eigenvalue weighted by Crippen LogP contribution is 2.38. The summed E-state index contributed by atoms with van der Waals surface area (Å²) in [7, 11) is 2.97. The van der Waals surface area contributed by atoms with Gasteiger partial charge in [0.15, 0.2) is 5.78 Å². The molecule has 0 radical (unpaired) electrons. The Hall–Kier alpha value is -1.40. The van der Waals surface area contributed by atoms with Crippen molar-refractivity contribution in [2.24, 2.45) is 0 Å². The van der Waals surface area contributed by atoms with E-state index in [4.69, 9.17) is 9.47 Å². The average Bonchev–Trinajstić information content (AvgIpc) is 2.49. The number of hydrogen-bond donors (Lipinski definition) is 0. The molecule has 2 rings (SSSR count). The fourth-order valence-corrected chi connectivity index (χ4v) is 3.01. The van der Waals surface area contributed by atoms with E-state index >= 15 is 0 Å². The van der Waals surface area contributed by atoms with Crippen LogP contribution in [0, 0.1) is 5.82 Å². The number of benzene rings is 2. The maximum atomic E-state index is 13.6. The van der Waals surface area contributed by atoms with Crippen LogP contribution in [0.15, 0.2) is 39.3 Å². The van der Waals surface area contributed by atoms with E-state index in [1.165, 1.54) is 26.4 Å².